The second kappa shape index (κ2) is 6.88. The van der Waals surface area contributed by atoms with Crippen LogP contribution in [0.1, 0.15) is 17.3 Å². The first kappa shape index (κ1) is 16.3. The van der Waals surface area contributed by atoms with Crippen molar-refractivity contribution in [1.82, 2.24) is 20.2 Å². The molecule has 0 aliphatic rings. The molecular formula is C16H12F2N4OS. The minimum atomic E-state index is -0.492. The molecule has 122 valence electrons. The number of carbonyl (C=O) groups is 1. The zero-order valence-electron chi connectivity index (χ0n) is 12.6. The lowest BCUT2D eigenvalue weighted by Crippen LogP contribution is -2.14. The van der Waals surface area contributed by atoms with E-state index in [1.165, 1.54) is 41.1 Å². The maximum atomic E-state index is 13.4. The van der Waals surface area contributed by atoms with Gasteiger partial charge in [-0.15, -0.1) is 5.10 Å². The topological polar surface area (TPSA) is 60.7 Å². The van der Waals surface area contributed by atoms with E-state index in [0.717, 1.165) is 11.8 Å². The molecule has 24 heavy (non-hydrogen) atoms. The monoisotopic (exact) mass is 346 g/mol. The molecule has 0 aliphatic carbocycles. The number of carbonyl (C=O) groups excluding carboxylic acids is 1. The van der Waals surface area contributed by atoms with Crippen LogP contribution in [-0.4, -0.2) is 31.2 Å². The van der Waals surface area contributed by atoms with Crippen molar-refractivity contribution in [2.75, 3.05) is 0 Å². The van der Waals surface area contributed by atoms with Gasteiger partial charge in [0.25, 0.3) is 0 Å². The normalized spacial score (nSPS) is 12.1. The van der Waals surface area contributed by atoms with Crippen molar-refractivity contribution in [2.45, 2.75) is 17.3 Å². The Kier molecular flexibility index (Phi) is 4.66. The number of nitrogens with zero attached hydrogens (tertiary/aromatic N) is 4. The van der Waals surface area contributed by atoms with Gasteiger partial charge in [0, 0.05) is 5.56 Å². The Balaban J connectivity index is 1.80. The number of benzene rings is 2. The van der Waals surface area contributed by atoms with Crippen LogP contribution in [0.4, 0.5) is 8.78 Å². The van der Waals surface area contributed by atoms with Crippen molar-refractivity contribution in [2.24, 2.45) is 0 Å². The highest BCUT2D eigenvalue weighted by atomic mass is 32.2. The molecule has 0 fully saturated rings. The van der Waals surface area contributed by atoms with Crippen molar-refractivity contribution < 1.29 is 13.6 Å². The summed E-state index contributed by atoms with van der Waals surface area (Å²) in [4.78, 5) is 12.4. The first-order valence-electron chi connectivity index (χ1n) is 7.05. The lowest BCUT2D eigenvalue weighted by molar-refractivity contribution is 0.0994. The van der Waals surface area contributed by atoms with Crippen molar-refractivity contribution >= 4 is 17.5 Å². The Morgan fingerprint density at radius 3 is 2.58 bits per heavy atom. The van der Waals surface area contributed by atoms with Gasteiger partial charge in [-0.1, -0.05) is 17.8 Å². The van der Waals surface area contributed by atoms with E-state index in [1.54, 1.807) is 19.1 Å². The number of thioether (sulfide) groups is 1. The molecule has 3 aromatic rings. The highest BCUT2D eigenvalue weighted by Crippen LogP contribution is 2.25. The van der Waals surface area contributed by atoms with Crippen molar-refractivity contribution in [3.05, 3.63) is 65.7 Å². The van der Waals surface area contributed by atoms with E-state index in [-0.39, 0.29) is 5.78 Å². The SMILES string of the molecule is C[C@@H](Sc1nnnn1-c1cccc(F)c1)C(=O)c1ccc(F)cc1. The van der Waals surface area contributed by atoms with Crippen LogP contribution in [0.15, 0.2) is 53.7 Å². The van der Waals surface area contributed by atoms with Gasteiger partial charge in [0.1, 0.15) is 11.6 Å². The molecule has 1 aromatic heterocycles. The van der Waals surface area contributed by atoms with Crippen molar-refractivity contribution in [3.63, 3.8) is 0 Å². The third-order valence-electron chi connectivity index (χ3n) is 3.27. The molecule has 3 rings (SSSR count). The van der Waals surface area contributed by atoms with E-state index >= 15 is 0 Å². The molecular weight excluding hydrogens is 334 g/mol. The van der Waals surface area contributed by atoms with E-state index in [2.05, 4.69) is 15.5 Å². The molecule has 1 heterocycles. The molecule has 0 radical (unpaired) electrons. The molecule has 0 N–H and O–H groups in total. The van der Waals surface area contributed by atoms with Crippen LogP contribution in [0, 0.1) is 11.6 Å². The molecule has 0 unspecified atom stereocenters. The van der Waals surface area contributed by atoms with Gasteiger partial charge < -0.3 is 0 Å². The summed E-state index contributed by atoms with van der Waals surface area (Å²) in [7, 11) is 0. The quantitative estimate of drug-likeness (QED) is 0.524. The predicted octanol–water partition coefficient (Wildman–Crippen LogP) is 3.30. The van der Waals surface area contributed by atoms with Gasteiger partial charge in [0.05, 0.1) is 10.9 Å². The fraction of sp³-hybridized carbons (Fsp3) is 0.125. The van der Waals surface area contributed by atoms with Gasteiger partial charge in [0.15, 0.2) is 5.78 Å². The van der Waals surface area contributed by atoms with Gasteiger partial charge in [-0.25, -0.2) is 8.78 Å². The molecule has 5 nitrogen and oxygen atoms in total. The summed E-state index contributed by atoms with van der Waals surface area (Å²) in [6.07, 6.45) is 0. The minimum absolute atomic E-state index is 0.172. The van der Waals surface area contributed by atoms with Crippen LogP contribution >= 0.6 is 11.8 Å². The molecule has 1 atom stereocenters. The number of tetrazole rings is 1. The minimum Gasteiger partial charge on any atom is -0.293 e. The molecule has 0 bridgehead atoms. The first-order valence-corrected chi connectivity index (χ1v) is 7.93. The van der Waals surface area contributed by atoms with Crippen LogP contribution < -0.4 is 0 Å². The number of hydrogen-bond acceptors (Lipinski definition) is 5. The molecule has 2 aromatic carbocycles. The number of hydrogen-bond donors (Lipinski definition) is 0. The Hall–Kier alpha value is -2.61. The largest absolute Gasteiger partial charge is 0.293 e. The number of aromatic nitrogens is 4. The van der Waals surface area contributed by atoms with Gasteiger partial charge in [-0.2, -0.15) is 4.68 Å². The van der Waals surface area contributed by atoms with E-state index < -0.39 is 16.9 Å². The summed E-state index contributed by atoms with van der Waals surface area (Å²) in [6, 6.07) is 11.2. The zero-order chi connectivity index (χ0) is 17.1. The van der Waals surface area contributed by atoms with E-state index in [1.807, 2.05) is 0 Å². The van der Waals surface area contributed by atoms with Crippen LogP contribution in [-0.2, 0) is 0 Å². The summed E-state index contributed by atoms with van der Waals surface area (Å²) in [5, 5.41) is 11.2. The second-order valence-electron chi connectivity index (χ2n) is 4.98. The Morgan fingerprint density at radius 1 is 1.12 bits per heavy atom. The fourth-order valence-electron chi connectivity index (χ4n) is 2.08. The number of halogens is 2. The molecule has 0 saturated heterocycles. The summed E-state index contributed by atoms with van der Waals surface area (Å²) in [5.41, 5.74) is 0.866. The highest BCUT2D eigenvalue weighted by molar-refractivity contribution is 8.00. The van der Waals surface area contributed by atoms with Crippen LogP contribution in [0.25, 0.3) is 5.69 Å². The Labute approximate surface area is 140 Å². The van der Waals surface area contributed by atoms with Gasteiger partial charge in [0.2, 0.25) is 5.16 Å². The number of Topliss-reactive ketones (excluding diaryl/α,β-unsaturated/α-hetero) is 1. The summed E-state index contributed by atoms with van der Waals surface area (Å²) >= 11 is 1.15. The lowest BCUT2D eigenvalue weighted by atomic mass is 10.1. The van der Waals surface area contributed by atoms with Crippen molar-refractivity contribution in [1.29, 1.82) is 0 Å². The maximum absolute atomic E-state index is 13.4. The van der Waals surface area contributed by atoms with Gasteiger partial charge in [-0.05, 0) is 59.8 Å². The van der Waals surface area contributed by atoms with E-state index in [9.17, 15) is 13.6 Å². The smallest absolute Gasteiger partial charge is 0.214 e. The maximum Gasteiger partial charge on any atom is 0.214 e. The predicted molar refractivity (Wildman–Crippen MR) is 85.2 cm³/mol. The average molecular weight is 346 g/mol. The summed E-state index contributed by atoms with van der Waals surface area (Å²) in [5.74, 6) is -0.981. The Bertz CT molecular complexity index is 867. The van der Waals surface area contributed by atoms with Crippen LogP contribution in [0.3, 0.4) is 0 Å². The molecule has 0 aliphatic heterocycles. The average Bonchev–Trinajstić information content (AvgIpc) is 3.03. The number of rotatable bonds is 5. The molecule has 8 heteroatoms. The van der Waals surface area contributed by atoms with Gasteiger partial charge in [-0.3, -0.25) is 4.79 Å². The Morgan fingerprint density at radius 2 is 1.88 bits per heavy atom. The third-order valence-corrected chi connectivity index (χ3v) is 4.31. The van der Waals surface area contributed by atoms with Crippen LogP contribution in [0.5, 0.6) is 0 Å². The van der Waals surface area contributed by atoms with E-state index in [0.29, 0.717) is 16.4 Å². The first-order chi connectivity index (χ1) is 11.5. The third kappa shape index (κ3) is 3.48. The number of ketones is 1. The molecule has 0 spiro atoms. The standard InChI is InChI=1S/C16H12F2N4OS/c1-10(15(23)11-5-7-12(17)8-6-11)24-16-19-20-21-22(16)14-4-2-3-13(18)9-14/h2-10H,1H3/t10-/m1/s1. The van der Waals surface area contributed by atoms with E-state index in [4.69, 9.17) is 0 Å². The second-order valence-corrected chi connectivity index (χ2v) is 6.29. The van der Waals surface area contributed by atoms with Gasteiger partial charge >= 0.3 is 0 Å². The lowest BCUT2D eigenvalue weighted by Gasteiger charge is -2.10. The fourth-order valence-corrected chi connectivity index (χ4v) is 2.97. The molecule has 0 amide bonds. The summed E-state index contributed by atoms with van der Waals surface area (Å²) < 4.78 is 27.7. The summed E-state index contributed by atoms with van der Waals surface area (Å²) in [6.45, 7) is 1.71. The highest BCUT2D eigenvalue weighted by Gasteiger charge is 2.20. The zero-order valence-corrected chi connectivity index (χ0v) is 13.4. The van der Waals surface area contributed by atoms with Crippen molar-refractivity contribution in [3.8, 4) is 5.69 Å². The van der Waals surface area contributed by atoms with Crippen LogP contribution in [0.2, 0.25) is 0 Å². The molecule has 0 saturated carbocycles.